The standard InChI is InChI=1S/C20H40O4/c1-9-18(10-2)13-16(5)11-12-23-20(7,8)19(21)22-14-17(6)24-15(3)4/h15-18H,9-14H2,1-8H3. The van der Waals surface area contributed by atoms with Crippen LogP contribution < -0.4 is 0 Å². The fourth-order valence-electron chi connectivity index (χ4n) is 2.75. The molecule has 0 amide bonds. The van der Waals surface area contributed by atoms with Gasteiger partial charge in [-0.05, 0) is 59.3 Å². The van der Waals surface area contributed by atoms with Crippen LogP contribution in [0.25, 0.3) is 0 Å². The van der Waals surface area contributed by atoms with E-state index in [-0.39, 0.29) is 24.8 Å². The van der Waals surface area contributed by atoms with Crippen LogP contribution in [0, 0.1) is 11.8 Å². The van der Waals surface area contributed by atoms with E-state index in [0.717, 1.165) is 12.3 Å². The number of ether oxygens (including phenoxy) is 3. The van der Waals surface area contributed by atoms with Gasteiger partial charge in [0.2, 0.25) is 0 Å². The lowest BCUT2D eigenvalue weighted by atomic mass is 9.90. The number of carbonyl (C=O) groups excluding carboxylic acids is 1. The van der Waals surface area contributed by atoms with Gasteiger partial charge >= 0.3 is 5.97 Å². The molecule has 0 spiro atoms. The van der Waals surface area contributed by atoms with Gasteiger partial charge in [0.25, 0.3) is 0 Å². The minimum Gasteiger partial charge on any atom is -0.461 e. The Morgan fingerprint density at radius 3 is 2.12 bits per heavy atom. The summed E-state index contributed by atoms with van der Waals surface area (Å²) in [6.07, 6.45) is 4.68. The van der Waals surface area contributed by atoms with Crippen LogP contribution in [0.1, 0.15) is 81.1 Å². The molecular formula is C20H40O4. The second kappa shape index (κ2) is 11.9. The van der Waals surface area contributed by atoms with Crippen molar-refractivity contribution in [2.75, 3.05) is 13.2 Å². The first kappa shape index (κ1) is 23.4. The lowest BCUT2D eigenvalue weighted by Crippen LogP contribution is -2.38. The number of esters is 1. The molecule has 0 aliphatic carbocycles. The number of hydrogen-bond acceptors (Lipinski definition) is 4. The van der Waals surface area contributed by atoms with E-state index in [1.165, 1.54) is 19.3 Å². The quantitative estimate of drug-likeness (QED) is 0.441. The maximum absolute atomic E-state index is 12.2. The van der Waals surface area contributed by atoms with Gasteiger partial charge in [0.15, 0.2) is 5.60 Å². The smallest absolute Gasteiger partial charge is 0.337 e. The maximum Gasteiger partial charge on any atom is 0.337 e. The zero-order valence-corrected chi connectivity index (χ0v) is 17.2. The molecule has 2 atom stereocenters. The highest BCUT2D eigenvalue weighted by Gasteiger charge is 2.31. The molecule has 0 aliphatic rings. The van der Waals surface area contributed by atoms with Gasteiger partial charge in [-0.1, -0.05) is 33.6 Å². The van der Waals surface area contributed by atoms with E-state index in [2.05, 4.69) is 20.8 Å². The van der Waals surface area contributed by atoms with Crippen molar-refractivity contribution in [1.29, 1.82) is 0 Å². The van der Waals surface area contributed by atoms with Gasteiger partial charge in [-0.2, -0.15) is 0 Å². The van der Waals surface area contributed by atoms with E-state index >= 15 is 0 Å². The Labute approximate surface area is 149 Å². The molecule has 0 aromatic heterocycles. The number of carbonyl (C=O) groups is 1. The highest BCUT2D eigenvalue weighted by molar-refractivity contribution is 5.78. The molecule has 0 aromatic carbocycles. The number of hydrogen-bond donors (Lipinski definition) is 0. The Hall–Kier alpha value is -0.610. The van der Waals surface area contributed by atoms with Crippen molar-refractivity contribution in [3.63, 3.8) is 0 Å². The summed E-state index contributed by atoms with van der Waals surface area (Å²) in [6.45, 7) is 17.0. The molecule has 0 rings (SSSR count). The lowest BCUT2D eigenvalue weighted by molar-refractivity contribution is -0.173. The Kier molecular flexibility index (Phi) is 11.6. The van der Waals surface area contributed by atoms with Crippen LogP contribution in [0.15, 0.2) is 0 Å². The van der Waals surface area contributed by atoms with Crippen molar-refractivity contribution in [2.45, 2.75) is 98.9 Å². The molecule has 0 aromatic rings. The summed E-state index contributed by atoms with van der Waals surface area (Å²) in [5.41, 5.74) is -0.911. The second-order valence-electron chi connectivity index (χ2n) is 7.76. The van der Waals surface area contributed by atoms with Gasteiger partial charge in [0.05, 0.1) is 12.2 Å². The third-order valence-electron chi connectivity index (χ3n) is 4.41. The maximum atomic E-state index is 12.2. The summed E-state index contributed by atoms with van der Waals surface area (Å²) in [5, 5.41) is 0. The third kappa shape index (κ3) is 10.3. The first-order valence-corrected chi connectivity index (χ1v) is 9.58. The lowest BCUT2D eigenvalue weighted by Gasteiger charge is -2.26. The van der Waals surface area contributed by atoms with Crippen LogP contribution in [0.5, 0.6) is 0 Å². The van der Waals surface area contributed by atoms with Crippen LogP contribution >= 0.6 is 0 Å². The molecule has 144 valence electrons. The fourth-order valence-corrected chi connectivity index (χ4v) is 2.75. The molecule has 0 N–H and O–H groups in total. The van der Waals surface area contributed by atoms with E-state index in [4.69, 9.17) is 14.2 Å². The molecule has 2 unspecified atom stereocenters. The van der Waals surface area contributed by atoms with Crippen molar-refractivity contribution in [2.24, 2.45) is 11.8 Å². The fraction of sp³-hybridized carbons (Fsp3) is 0.950. The predicted molar refractivity (Wildman–Crippen MR) is 99.1 cm³/mol. The third-order valence-corrected chi connectivity index (χ3v) is 4.41. The normalized spacial score (nSPS) is 14.9. The molecule has 4 nitrogen and oxygen atoms in total. The highest BCUT2D eigenvalue weighted by atomic mass is 16.6. The molecule has 0 heterocycles. The topological polar surface area (TPSA) is 44.8 Å². The molecule has 0 fully saturated rings. The van der Waals surface area contributed by atoms with Gasteiger partial charge in [0, 0.05) is 6.61 Å². The Morgan fingerprint density at radius 1 is 1.04 bits per heavy atom. The van der Waals surface area contributed by atoms with Gasteiger partial charge in [-0.25, -0.2) is 4.79 Å². The van der Waals surface area contributed by atoms with Gasteiger partial charge in [0.1, 0.15) is 6.61 Å². The zero-order valence-electron chi connectivity index (χ0n) is 17.2. The van der Waals surface area contributed by atoms with Crippen molar-refractivity contribution < 1.29 is 19.0 Å². The van der Waals surface area contributed by atoms with Crippen molar-refractivity contribution >= 4 is 5.97 Å². The molecule has 4 heteroatoms. The average Bonchev–Trinajstić information content (AvgIpc) is 2.49. The van der Waals surface area contributed by atoms with E-state index in [1.807, 2.05) is 20.8 Å². The first-order valence-electron chi connectivity index (χ1n) is 9.58. The summed E-state index contributed by atoms with van der Waals surface area (Å²) >= 11 is 0. The van der Waals surface area contributed by atoms with Crippen molar-refractivity contribution in [3.8, 4) is 0 Å². The number of rotatable bonds is 13. The van der Waals surface area contributed by atoms with E-state index in [1.54, 1.807) is 13.8 Å². The molecular weight excluding hydrogens is 304 g/mol. The average molecular weight is 345 g/mol. The van der Waals surface area contributed by atoms with E-state index in [9.17, 15) is 4.79 Å². The van der Waals surface area contributed by atoms with Crippen LogP contribution in [0.2, 0.25) is 0 Å². The predicted octanol–water partition coefficient (Wildman–Crippen LogP) is 4.99. The van der Waals surface area contributed by atoms with Crippen molar-refractivity contribution in [1.82, 2.24) is 0 Å². The van der Waals surface area contributed by atoms with Crippen LogP contribution in [0.4, 0.5) is 0 Å². The molecule has 24 heavy (non-hydrogen) atoms. The Balaban J connectivity index is 4.12. The Morgan fingerprint density at radius 2 is 1.62 bits per heavy atom. The summed E-state index contributed by atoms with van der Waals surface area (Å²) in [4.78, 5) is 12.2. The summed E-state index contributed by atoms with van der Waals surface area (Å²) < 4.78 is 16.7. The first-order chi connectivity index (χ1) is 11.1. The zero-order chi connectivity index (χ0) is 18.8. The van der Waals surface area contributed by atoms with Gasteiger partial charge in [-0.15, -0.1) is 0 Å². The van der Waals surface area contributed by atoms with E-state index < -0.39 is 5.60 Å². The van der Waals surface area contributed by atoms with Crippen LogP contribution in [0.3, 0.4) is 0 Å². The highest BCUT2D eigenvalue weighted by Crippen LogP contribution is 2.22. The molecule has 0 saturated carbocycles. The molecule has 0 radical (unpaired) electrons. The minimum atomic E-state index is -0.911. The second-order valence-corrected chi connectivity index (χ2v) is 7.76. The van der Waals surface area contributed by atoms with Crippen LogP contribution in [-0.2, 0) is 19.0 Å². The Bertz CT molecular complexity index is 335. The van der Waals surface area contributed by atoms with Gasteiger partial charge in [-0.3, -0.25) is 0 Å². The SMILES string of the molecule is CCC(CC)CC(C)CCOC(C)(C)C(=O)OCC(C)OC(C)C. The summed E-state index contributed by atoms with van der Waals surface area (Å²) in [6, 6.07) is 0. The van der Waals surface area contributed by atoms with E-state index in [0.29, 0.717) is 12.5 Å². The minimum absolute atomic E-state index is 0.107. The molecule has 0 bridgehead atoms. The largest absolute Gasteiger partial charge is 0.461 e. The van der Waals surface area contributed by atoms with Crippen molar-refractivity contribution in [3.05, 3.63) is 0 Å². The summed E-state index contributed by atoms with van der Waals surface area (Å²) in [7, 11) is 0. The molecule has 0 saturated heterocycles. The monoisotopic (exact) mass is 344 g/mol. The summed E-state index contributed by atoms with van der Waals surface area (Å²) in [5.74, 6) is 1.08. The van der Waals surface area contributed by atoms with Gasteiger partial charge < -0.3 is 14.2 Å². The molecule has 0 aliphatic heterocycles. The van der Waals surface area contributed by atoms with Crippen LogP contribution in [-0.4, -0.2) is 37.0 Å².